The number of amides is 1. The lowest BCUT2D eigenvalue weighted by Gasteiger charge is -2.11. The molecule has 1 aromatic carbocycles. The van der Waals surface area contributed by atoms with Crippen molar-refractivity contribution in [3.63, 3.8) is 0 Å². The zero-order valence-electron chi connectivity index (χ0n) is 14.0. The highest BCUT2D eigenvalue weighted by Gasteiger charge is 2.17. The maximum atomic E-state index is 12.3. The maximum absolute atomic E-state index is 12.3. The molecule has 0 atom stereocenters. The zero-order valence-corrected chi connectivity index (χ0v) is 14.0. The molecule has 2 rings (SSSR count). The van der Waals surface area contributed by atoms with Crippen molar-refractivity contribution < 1.29 is 14.3 Å². The van der Waals surface area contributed by atoms with E-state index in [1.807, 2.05) is 19.1 Å². The number of ether oxygens (including phenoxy) is 2. The zero-order chi connectivity index (χ0) is 17.5. The Morgan fingerprint density at radius 3 is 2.58 bits per heavy atom. The molecule has 24 heavy (non-hydrogen) atoms. The first kappa shape index (κ1) is 17.7. The maximum Gasteiger partial charge on any atom is 0.275 e. The summed E-state index contributed by atoms with van der Waals surface area (Å²) in [4.78, 5) is 24.6. The van der Waals surface area contributed by atoms with Gasteiger partial charge in [-0.25, -0.2) is 0 Å². The second kappa shape index (κ2) is 8.26. The molecule has 0 fully saturated rings. The molecule has 2 aromatic rings. The van der Waals surface area contributed by atoms with E-state index in [0.717, 1.165) is 5.56 Å². The quantitative estimate of drug-likeness (QED) is 0.774. The van der Waals surface area contributed by atoms with E-state index >= 15 is 0 Å². The minimum absolute atomic E-state index is 0.0649. The SMILES string of the molecule is COCCCNC(=O)c1nn(-c2ccc(C)cc2)c(=O)cc1OC. The molecule has 0 saturated carbocycles. The molecule has 0 unspecified atom stereocenters. The Kier molecular flexibility index (Phi) is 6.08. The number of aromatic nitrogens is 2. The molecule has 1 N–H and O–H groups in total. The first-order chi connectivity index (χ1) is 11.6. The number of benzene rings is 1. The van der Waals surface area contributed by atoms with Crippen LogP contribution >= 0.6 is 0 Å². The Balaban J connectivity index is 2.33. The number of aryl methyl sites for hydroxylation is 1. The fourth-order valence-electron chi connectivity index (χ4n) is 2.13. The third-order valence-corrected chi connectivity index (χ3v) is 3.42. The highest BCUT2D eigenvalue weighted by Crippen LogP contribution is 2.14. The van der Waals surface area contributed by atoms with Crippen LogP contribution in [0.15, 0.2) is 35.1 Å². The van der Waals surface area contributed by atoms with Gasteiger partial charge < -0.3 is 14.8 Å². The fourth-order valence-corrected chi connectivity index (χ4v) is 2.13. The molecule has 1 amide bonds. The number of rotatable bonds is 7. The highest BCUT2D eigenvalue weighted by molar-refractivity contribution is 5.94. The highest BCUT2D eigenvalue weighted by atomic mass is 16.5. The summed E-state index contributed by atoms with van der Waals surface area (Å²) in [6.07, 6.45) is 0.683. The number of nitrogens with one attached hydrogen (secondary N) is 1. The number of carbonyl (C=O) groups excluding carboxylic acids is 1. The van der Waals surface area contributed by atoms with Gasteiger partial charge in [0.2, 0.25) is 0 Å². The van der Waals surface area contributed by atoms with Crippen LogP contribution in [0.4, 0.5) is 0 Å². The summed E-state index contributed by atoms with van der Waals surface area (Å²) < 4.78 is 11.2. The topological polar surface area (TPSA) is 82.5 Å². The van der Waals surface area contributed by atoms with Gasteiger partial charge in [0.25, 0.3) is 11.5 Å². The van der Waals surface area contributed by atoms with E-state index in [9.17, 15) is 9.59 Å². The Morgan fingerprint density at radius 1 is 1.25 bits per heavy atom. The van der Waals surface area contributed by atoms with E-state index in [0.29, 0.717) is 25.3 Å². The Hall–Kier alpha value is -2.67. The Labute approximate surface area is 140 Å². The third-order valence-electron chi connectivity index (χ3n) is 3.42. The van der Waals surface area contributed by atoms with Gasteiger partial charge in [-0.05, 0) is 25.5 Å². The minimum atomic E-state index is -0.399. The summed E-state index contributed by atoms with van der Waals surface area (Å²) in [6.45, 7) is 2.95. The lowest BCUT2D eigenvalue weighted by Crippen LogP contribution is -2.30. The van der Waals surface area contributed by atoms with Crippen molar-refractivity contribution >= 4 is 5.91 Å². The van der Waals surface area contributed by atoms with Gasteiger partial charge in [0.15, 0.2) is 11.4 Å². The second-order valence-corrected chi connectivity index (χ2v) is 5.25. The molecular weight excluding hydrogens is 310 g/mol. The normalized spacial score (nSPS) is 10.5. The van der Waals surface area contributed by atoms with Crippen LogP contribution in [0.2, 0.25) is 0 Å². The molecule has 0 aliphatic carbocycles. The second-order valence-electron chi connectivity index (χ2n) is 5.25. The van der Waals surface area contributed by atoms with Crippen molar-refractivity contribution in [1.82, 2.24) is 15.1 Å². The van der Waals surface area contributed by atoms with Crippen LogP contribution in [0.3, 0.4) is 0 Å². The van der Waals surface area contributed by atoms with E-state index in [1.54, 1.807) is 19.2 Å². The Morgan fingerprint density at radius 2 is 1.96 bits per heavy atom. The number of carbonyl (C=O) groups is 1. The van der Waals surface area contributed by atoms with E-state index in [-0.39, 0.29) is 17.0 Å². The predicted octanol–water partition coefficient (Wildman–Crippen LogP) is 1.32. The molecular formula is C17H21N3O4. The van der Waals surface area contributed by atoms with Crippen LogP contribution in [0.25, 0.3) is 5.69 Å². The van der Waals surface area contributed by atoms with Crippen LogP contribution < -0.4 is 15.6 Å². The lowest BCUT2D eigenvalue weighted by atomic mass is 10.2. The van der Waals surface area contributed by atoms with Crippen LogP contribution in [0.1, 0.15) is 22.5 Å². The van der Waals surface area contributed by atoms with Crippen molar-refractivity contribution in [2.75, 3.05) is 27.4 Å². The summed E-state index contributed by atoms with van der Waals surface area (Å²) in [5.74, 6) is -0.253. The van der Waals surface area contributed by atoms with Crippen LogP contribution in [0, 0.1) is 6.92 Å². The first-order valence-electron chi connectivity index (χ1n) is 7.59. The standard InChI is InChI=1S/C17H21N3O4/c1-12-5-7-13(8-6-12)20-15(21)11-14(24-3)16(19-20)17(22)18-9-4-10-23-2/h5-8,11H,4,9-10H2,1-3H3,(H,18,22). The fraction of sp³-hybridized carbons (Fsp3) is 0.353. The average molecular weight is 331 g/mol. The van der Waals surface area contributed by atoms with Gasteiger partial charge >= 0.3 is 0 Å². The lowest BCUT2D eigenvalue weighted by molar-refractivity contribution is 0.0938. The first-order valence-corrected chi connectivity index (χ1v) is 7.59. The molecule has 0 saturated heterocycles. The molecule has 7 heteroatoms. The van der Waals surface area contributed by atoms with Gasteiger partial charge in [-0.1, -0.05) is 17.7 Å². The molecule has 0 aliphatic heterocycles. The molecule has 0 spiro atoms. The summed E-state index contributed by atoms with van der Waals surface area (Å²) in [5, 5.41) is 6.92. The van der Waals surface area contributed by atoms with Gasteiger partial charge in [0.05, 0.1) is 18.9 Å². The summed E-state index contributed by atoms with van der Waals surface area (Å²) in [5.41, 5.74) is 1.35. The number of hydrogen-bond donors (Lipinski definition) is 1. The molecule has 128 valence electrons. The molecule has 0 aliphatic rings. The van der Waals surface area contributed by atoms with Gasteiger partial charge in [0.1, 0.15) is 0 Å². The van der Waals surface area contributed by atoms with Gasteiger partial charge in [-0.15, -0.1) is 0 Å². The minimum Gasteiger partial charge on any atom is -0.494 e. The van der Waals surface area contributed by atoms with Gasteiger partial charge in [-0.3, -0.25) is 9.59 Å². The van der Waals surface area contributed by atoms with E-state index < -0.39 is 5.91 Å². The van der Waals surface area contributed by atoms with Crippen molar-refractivity contribution in [2.24, 2.45) is 0 Å². The summed E-state index contributed by atoms with van der Waals surface area (Å²) in [7, 11) is 3.00. The van der Waals surface area contributed by atoms with Crippen molar-refractivity contribution in [3.05, 3.63) is 51.9 Å². The van der Waals surface area contributed by atoms with Gasteiger partial charge in [-0.2, -0.15) is 9.78 Å². The number of methoxy groups -OCH3 is 2. The molecule has 0 radical (unpaired) electrons. The monoisotopic (exact) mass is 331 g/mol. The van der Waals surface area contributed by atoms with Crippen LogP contribution in [0.5, 0.6) is 5.75 Å². The number of hydrogen-bond acceptors (Lipinski definition) is 5. The Bertz CT molecular complexity index is 753. The van der Waals surface area contributed by atoms with E-state index in [4.69, 9.17) is 9.47 Å². The molecule has 1 aromatic heterocycles. The molecule has 7 nitrogen and oxygen atoms in total. The van der Waals surface area contributed by atoms with Crippen molar-refractivity contribution in [2.45, 2.75) is 13.3 Å². The van der Waals surface area contributed by atoms with Gasteiger partial charge in [0, 0.05) is 20.3 Å². The van der Waals surface area contributed by atoms with E-state index in [2.05, 4.69) is 10.4 Å². The van der Waals surface area contributed by atoms with Crippen LogP contribution in [-0.2, 0) is 4.74 Å². The van der Waals surface area contributed by atoms with Crippen molar-refractivity contribution in [3.8, 4) is 11.4 Å². The summed E-state index contributed by atoms with van der Waals surface area (Å²) >= 11 is 0. The smallest absolute Gasteiger partial charge is 0.275 e. The average Bonchev–Trinajstić information content (AvgIpc) is 2.59. The van der Waals surface area contributed by atoms with E-state index in [1.165, 1.54) is 17.9 Å². The summed E-state index contributed by atoms with van der Waals surface area (Å²) in [6, 6.07) is 8.56. The number of nitrogens with zero attached hydrogens (tertiary/aromatic N) is 2. The largest absolute Gasteiger partial charge is 0.494 e. The predicted molar refractivity (Wildman–Crippen MR) is 89.9 cm³/mol. The third kappa shape index (κ3) is 4.20. The van der Waals surface area contributed by atoms with Crippen molar-refractivity contribution in [1.29, 1.82) is 0 Å². The molecule has 1 heterocycles. The molecule has 0 bridgehead atoms. The van der Waals surface area contributed by atoms with Crippen LogP contribution in [-0.4, -0.2) is 43.1 Å².